The van der Waals surface area contributed by atoms with Crippen LogP contribution < -0.4 is 20.7 Å². The van der Waals surface area contributed by atoms with Crippen molar-refractivity contribution in [2.45, 2.75) is 13.2 Å². The predicted octanol–water partition coefficient (Wildman–Crippen LogP) is 2.88. The number of anilines is 2. The standard InChI is InChI=1S/C21H25ClN6O2/c1-14-17(22)4-3-5-18(14)24-20-25-19(23)26-21(27-10-12-30-13-11-27)28(20)15-6-8-16(29-2)9-7-15/h3-9,20,24H,10-13H2,1-2H3,(H2,23,25). The lowest BCUT2D eigenvalue weighted by Gasteiger charge is -2.41. The maximum atomic E-state index is 6.32. The van der Waals surface area contributed by atoms with E-state index in [4.69, 9.17) is 26.8 Å². The van der Waals surface area contributed by atoms with Gasteiger partial charge in [0.25, 0.3) is 0 Å². The fraction of sp³-hybridized carbons (Fsp3) is 0.333. The molecule has 1 atom stereocenters. The number of halogens is 1. The lowest BCUT2D eigenvalue weighted by Crippen LogP contribution is -2.57. The Morgan fingerprint density at radius 3 is 2.60 bits per heavy atom. The smallest absolute Gasteiger partial charge is 0.222 e. The molecule has 1 unspecified atom stereocenters. The van der Waals surface area contributed by atoms with Crippen molar-refractivity contribution >= 4 is 34.9 Å². The molecule has 1 fully saturated rings. The summed E-state index contributed by atoms with van der Waals surface area (Å²) in [5.74, 6) is 1.73. The molecule has 8 nitrogen and oxygen atoms in total. The summed E-state index contributed by atoms with van der Waals surface area (Å²) in [7, 11) is 1.65. The van der Waals surface area contributed by atoms with Crippen molar-refractivity contribution in [3.8, 4) is 5.75 Å². The largest absolute Gasteiger partial charge is 0.497 e. The Kier molecular flexibility index (Phi) is 5.96. The molecule has 0 amide bonds. The van der Waals surface area contributed by atoms with Crippen molar-refractivity contribution in [1.82, 2.24) is 4.90 Å². The van der Waals surface area contributed by atoms with Gasteiger partial charge in [-0.25, -0.2) is 4.99 Å². The van der Waals surface area contributed by atoms with E-state index in [2.05, 4.69) is 20.2 Å². The molecule has 0 bridgehead atoms. The van der Waals surface area contributed by atoms with Crippen LogP contribution in [0.4, 0.5) is 11.4 Å². The van der Waals surface area contributed by atoms with E-state index in [-0.39, 0.29) is 5.96 Å². The van der Waals surface area contributed by atoms with Gasteiger partial charge in [0.1, 0.15) is 5.75 Å². The number of benzene rings is 2. The molecule has 1 saturated heterocycles. The van der Waals surface area contributed by atoms with Gasteiger partial charge in [0.15, 0.2) is 0 Å². The Balaban J connectivity index is 1.73. The van der Waals surface area contributed by atoms with Gasteiger partial charge in [-0.05, 0) is 48.9 Å². The average Bonchev–Trinajstić information content (AvgIpc) is 2.77. The number of methoxy groups -OCH3 is 1. The van der Waals surface area contributed by atoms with E-state index in [1.54, 1.807) is 7.11 Å². The zero-order valence-electron chi connectivity index (χ0n) is 17.0. The lowest BCUT2D eigenvalue weighted by molar-refractivity contribution is 0.0671. The van der Waals surface area contributed by atoms with Gasteiger partial charge in [-0.3, -0.25) is 4.90 Å². The van der Waals surface area contributed by atoms with Crippen molar-refractivity contribution in [3.63, 3.8) is 0 Å². The first-order valence-corrected chi connectivity index (χ1v) is 10.1. The molecule has 3 N–H and O–H groups in total. The normalized spacial score (nSPS) is 19.2. The second-order valence-corrected chi connectivity index (χ2v) is 7.40. The molecule has 9 heteroatoms. The summed E-state index contributed by atoms with van der Waals surface area (Å²) in [5.41, 5.74) is 8.86. The van der Waals surface area contributed by atoms with Crippen LogP contribution in [0.2, 0.25) is 5.02 Å². The third kappa shape index (κ3) is 4.15. The first-order chi connectivity index (χ1) is 14.6. The Hall–Kier alpha value is -2.97. The third-order valence-corrected chi connectivity index (χ3v) is 5.54. The van der Waals surface area contributed by atoms with Crippen LogP contribution in [-0.4, -0.2) is 56.5 Å². The van der Waals surface area contributed by atoms with Crippen LogP contribution in [-0.2, 0) is 4.74 Å². The van der Waals surface area contributed by atoms with Gasteiger partial charge in [-0.1, -0.05) is 17.7 Å². The Bertz CT molecular complexity index is 956. The number of ether oxygens (including phenoxy) is 2. The summed E-state index contributed by atoms with van der Waals surface area (Å²) >= 11 is 6.32. The van der Waals surface area contributed by atoms with Crippen LogP contribution in [0, 0.1) is 6.92 Å². The molecule has 0 radical (unpaired) electrons. The van der Waals surface area contributed by atoms with E-state index in [1.165, 1.54) is 0 Å². The molecule has 30 heavy (non-hydrogen) atoms. The molecule has 2 aromatic rings. The van der Waals surface area contributed by atoms with Gasteiger partial charge in [0.2, 0.25) is 18.2 Å². The van der Waals surface area contributed by atoms with E-state index in [9.17, 15) is 0 Å². The van der Waals surface area contributed by atoms with E-state index in [0.29, 0.717) is 18.2 Å². The summed E-state index contributed by atoms with van der Waals surface area (Å²) in [6, 6.07) is 13.5. The third-order valence-electron chi connectivity index (χ3n) is 5.13. The average molecular weight is 429 g/mol. The van der Waals surface area contributed by atoms with Crippen LogP contribution in [0.1, 0.15) is 5.56 Å². The lowest BCUT2D eigenvalue weighted by atomic mass is 10.2. The van der Waals surface area contributed by atoms with Crippen molar-refractivity contribution in [1.29, 1.82) is 0 Å². The maximum absolute atomic E-state index is 6.32. The van der Waals surface area contributed by atoms with Crippen LogP contribution in [0.3, 0.4) is 0 Å². The quantitative estimate of drug-likeness (QED) is 0.778. The molecular weight excluding hydrogens is 404 g/mol. The highest BCUT2D eigenvalue weighted by Gasteiger charge is 2.32. The fourth-order valence-corrected chi connectivity index (χ4v) is 3.64. The molecule has 2 aromatic carbocycles. The van der Waals surface area contributed by atoms with Gasteiger partial charge in [0.05, 0.1) is 20.3 Å². The molecule has 0 aromatic heterocycles. The molecule has 0 aliphatic carbocycles. The first kappa shape index (κ1) is 20.3. The molecule has 0 saturated carbocycles. The summed E-state index contributed by atoms with van der Waals surface area (Å²) in [4.78, 5) is 13.4. The SMILES string of the molecule is COc1ccc(N2C(N3CCOCC3)=NC(N)=NC2Nc2cccc(Cl)c2C)cc1. The number of rotatable bonds is 4. The molecular formula is C21H25ClN6O2. The van der Waals surface area contributed by atoms with Gasteiger partial charge in [-0.15, -0.1) is 0 Å². The summed E-state index contributed by atoms with van der Waals surface area (Å²) in [6.07, 6.45) is -0.495. The van der Waals surface area contributed by atoms with Crippen molar-refractivity contribution < 1.29 is 9.47 Å². The summed E-state index contributed by atoms with van der Waals surface area (Å²) in [6.45, 7) is 4.69. The highest BCUT2D eigenvalue weighted by molar-refractivity contribution is 6.31. The van der Waals surface area contributed by atoms with Crippen LogP contribution in [0.5, 0.6) is 5.75 Å². The number of aliphatic imine (C=N–C) groups is 2. The van der Waals surface area contributed by atoms with Crippen molar-refractivity contribution in [3.05, 3.63) is 53.1 Å². The molecule has 2 heterocycles. The topological polar surface area (TPSA) is 87.7 Å². The van der Waals surface area contributed by atoms with Crippen LogP contribution in [0.25, 0.3) is 0 Å². The minimum Gasteiger partial charge on any atom is -0.497 e. The fourth-order valence-electron chi connectivity index (χ4n) is 3.46. The van der Waals surface area contributed by atoms with E-state index < -0.39 is 6.29 Å². The van der Waals surface area contributed by atoms with Gasteiger partial charge in [0, 0.05) is 29.5 Å². The zero-order valence-corrected chi connectivity index (χ0v) is 17.8. The van der Waals surface area contributed by atoms with E-state index in [1.807, 2.05) is 54.3 Å². The number of guanidine groups is 2. The monoisotopic (exact) mass is 428 g/mol. The van der Waals surface area contributed by atoms with Crippen LogP contribution >= 0.6 is 11.6 Å². The van der Waals surface area contributed by atoms with Gasteiger partial charge < -0.3 is 25.4 Å². The minimum atomic E-state index is -0.495. The Labute approximate surface area is 180 Å². The van der Waals surface area contributed by atoms with E-state index >= 15 is 0 Å². The first-order valence-electron chi connectivity index (χ1n) is 9.76. The number of hydrogen-bond acceptors (Lipinski definition) is 8. The summed E-state index contributed by atoms with van der Waals surface area (Å²) in [5, 5.41) is 4.16. The molecule has 158 valence electrons. The van der Waals surface area contributed by atoms with E-state index in [0.717, 1.165) is 41.7 Å². The second-order valence-electron chi connectivity index (χ2n) is 7.00. The number of morpholine rings is 1. The van der Waals surface area contributed by atoms with Crippen molar-refractivity contribution in [2.24, 2.45) is 15.7 Å². The molecule has 0 spiro atoms. The number of nitrogens with one attached hydrogen (secondary N) is 1. The Morgan fingerprint density at radius 2 is 1.90 bits per heavy atom. The number of hydrogen-bond donors (Lipinski definition) is 2. The maximum Gasteiger partial charge on any atom is 0.222 e. The summed E-state index contributed by atoms with van der Waals surface area (Å²) < 4.78 is 10.8. The highest BCUT2D eigenvalue weighted by Crippen LogP contribution is 2.29. The highest BCUT2D eigenvalue weighted by atomic mass is 35.5. The van der Waals surface area contributed by atoms with Gasteiger partial charge in [-0.2, -0.15) is 4.99 Å². The Morgan fingerprint density at radius 1 is 1.17 bits per heavy atom. The zero-order chi connectivity index (χ0) is 21.1. The van der Waals surface area contributed by atoms with Gasteiger partial charge >= 0.3 is 0 Å². The molecule has 2 aliphatic rings. The van der Waals surface area contributed by atoms with Crippen molar-refractivity contribution in [2.75, 3.05) is 43.6 Å². The number of nitrogens with two attached hydrogens (primary N) is 1. The number of nitrogens with zero attached hydrogens (tertiary/aromatic N) is 4. The molecule has 2 aliphatic heterocycles. The minimum absolute atomic E-state index is 0.221. The molecule has 4 rings (SSSR count). The predicted molar refractivity (Wildman–Crippen MR) is 121 cm³/mol. The van der Waals surface area contributed by atoms with Crippen LogP contribution in [0.15, 0.2) is 52.4 Å². The second kappa shape index (κ2) is 8.81.